The highest BCUT2D eigenvalue weighted by Crippen LogP contribution is 2.24. The van der Waals surface area contributed by atoms with Crippen LogP contribution >= 0.6 is 23.1 Å². The smallest absolute Gasteiger partial charge is 0.262 e. The van der Waals surface area contributed by atoms with Crippen LogP contribution in [0.2, 0.25) is 0 Å². The van der Waals surface area contributed by atoms with Crippen molar-refractivity contribution in [2.45, 2.75) is 10.9 Å². The minimum Gasteiger partial charge on any atom is -0.341 e. The number of aromatic amines is 1. The lowest BCUT2D eigenvalue weighted by Crippen LogP contribution is -2.19. The number of fused-ring (bicyclic) bond motifs is 2. The zero-order valence-electron chi connectivity index (χ0n) is 12.0. The van der Waals surface area contributed by atoms with E-state index < -0.39 is 0 Å². The lowest BCUT2D eigenvalue weighted by molar-refractivity contribution is 0.637. The van der Waals surface area contributed by atoms with Gasteiger partial charge in [0.25, 0.3) is 5.56 Å². The molecule has 1 N–H and O–H groups in total. The van der Waals surface area contributed by atoms with Crippen molar-refractivity contribution in [1.82, 2.24) is 19.5 Å². The van der Waals surface area contributed by atoms with Crippen LogP contribution in [0.3, 0.4) is 0 Å². The molecule has 0 amide bonds. The molecule has 0 bridgehead atoms. The van der Waals surface area contributed by atoms with E-state index in [2.05, 4.69) is 15.0 Å². The number of imidazole rings is 1. The normalized spacial score (nSPS) is 11.6. The van der Waals surface area contributed by atoms with Crippen LogP contribution in [-0.2, 0) is 12.8 Å². The molecule has 0 fully saturated rings. The number of benzene rings is 1. The predicted octanol–water partition coefficient (Wildman–Crippen LogP) is 3.30. The quantitative estimate of drug-likeness (QED) is 0.457. The SMILES string of the molecule is Cn1c(SCc2nc3c(F)cccc3[nH]2)nc2sccc2c1=O. The summed E-state index contributed by atoms with van der Waals surface area (Å²) in [6, 6.07) is 6.59. The monoisotopic (exact) mass is 346 g/mol. The van der Waals surface area contributed by atoms with Gasteiger partial charge < -0.3 is 4.98 Å². The summed E-state index contributed by atoms with van der Waals surface area (Å²) in [4.78, 5) is 24.8. The number of nitrogens with zero attached hydrogens (tertiary/aromatic N) is 3. The summed E-state index contributed by atoms with van der Waals surface area (Å²) in [6.07, 6.45) is 0. The molecule has 23 heavy (non-hydrogen) atoms. The number of H-pyrrole nitrogens is 1. The highest BCUT2D eigenvalue weighted by molar-refractivity contribution is 7.98. The third-order valence-corrected chi connectivity index (χ3v) is 5.36. The van der Waals surface area contributed by atoms with Crippen LogP contribution < -0.4 is 5.56 Å². The van der Waals surface area contributed by atoms with Gasteiger partial charge in [0.05, 0.1) is 16.7 Å². The lowest BCUT2D eigenvalue weighted by Gasteiger charge is -2.05. The van der Waals surface area contributed by atoms with E-state index in [1.807, 2.05) is 5.38 Å². The second-order valence-electron chi connectivity index (χ2n) is 5.01. The van der Waals surface area contributed by atoms with Crippen molar-refractivity contribution in [3.05, 3.63) is 51.6 Å². The Balaban J connectivity index is 1.66. The van der Waals surface area contributed by atoms with Crippen molar-refractivity contribution < 1.29 is 4.39 Å². The first kappa shape index (κ1) is 14.4. The third-order valence-electron chi connectivity index (χ3n) is 3.51. The van der Waals surface area contributed by atoms with Crippen molar-refractivity contribution in [2.75, 3.05) is 0 Å². The first-order valence-electron chi connectivity index (χ1n) is 6.83. The minimum atomic E-state index is -0.347. The van der Waals surface area contributed by atoms with Crippen LogP contribution in [0.1, 0.15) is 5.82 Å². The second kappa shape index (κ2) is 5.47. The summed E-state index contributed by atoms with van der Waals surface area (Å²) in [6.45, 7) is 0. The van der Waals surface area contributed by atoms with Crippen LogP contribution in [0, 0.1) is 5.82 Å². The number of thiophene rings is 1. The maximum Gasteiger partial charge on any atom is 0.262 e. The van der Waals surface area contributed by atoms with Crippen LogP contribution in [0.5, 0.6) is 0 Å². The van der Waals surface area contributed by atoms with Gasteiger partial charge in [-0.1, -0.05) is 17.8 Å². The molecule has 116 valence electrons. The number of aromatic nitrogens is 4. The molecule has 4 aromatic rings. The molecular formula is C15H11FN4OS2. The van der Waals surface area contributed by atoms with Gasteiger partial charge in [-0.05, 0) is 23.6 Å². The Bertz CT molecular complexity index is 1080. The van der Waals surface area contributed by atoms with Gasteiger partial charge in [0.15, 0.2) is 11.0 Å². The second-order valence-corrected chi connectivity index (χ2v) is 6.84. The minimum absolute atomic E-state index is 0.0607. The van der Waals surface area contributed by atoms with Crippen molar-refractivity contribution in [1.29, 1.82) is 0 Å². The Morgan fingerprint density at radius 2 is 2.22 bits per heavy atom. The topological polar surface area (TPSA) is 63.6 Å². The molecule has 0 radical (unpaired) electrons. The summed E-state index contributed by atoms with van der Waals surface area (Å²) in [5.41, 5.74) is 0.934. The molecule has 0 saturated heterocycles. The highest BCUT2D eigenvalue weighted by Gasteiger charge is 2.12. The molecule has 5 nitrogen and oxygen atoms in total. The summed E-state index contributed by atoms with van der Waals surface area (Å²) < 4.78 is 15.2. The van der Waals surface area contributed by atoms with E-state index in [-0.39, 0.29) is 11.4 Å². The zero-order valence-corrected chi connectivity index (χ0v) is 13.7. The average molecular weight is 346 g/mol. The molecule has 4 rings (SSSR count). The van der Waals surface area contributed by atoms with Crippen molar-refractivity contribution >= 4 is 44.3 Å². The standard InChI is InChI=1S/C15H11FN4OS2/c1-20-14(21)8-5-6-22-13(8)19-15(20)23-7-11-17-10-4-2-3-9(16)12(10)18-11/h2-6H,7H2,1H3,(H,17,18). The predicted molar refractivity (Wildman–Crippen MR) is 90.5 cm³/mol. The largest absolute Gasteiger partial charge is 0.341 e. The molecule has 3 heterocycles. The van der Waals surface area contributed by atoms with Gasteiger partial charge in [-0.3, -0.25) is 9.36 Å². The van der Waals surface area contributed by atoms with Crippen molar-refractivity contribution in [3.8, 4) is 0 Å². The molecule has 0 spiro atoms. The van der Waals surface area contributed by atoms with Gasteiger partial charge in [-0.2, -0.15) is 0 Å². The molecule has 0 aliphatic heterocycles. The van der Waals surface area contributed by atoms with E-state index in [9.17, 15) is 9.18 Å². The molecule has 3 aromatic heterocycles. The van der Waals surface area contributed by atoms with E-state index in [4.69, 9.17) is 0 Å². The third kappa shape index (κ3) is 2.43. The molecule has 0 saturated carbocycles. The summed E-state index contributed by atoms with van der Waals surface area (Å²) in [5.74, 6) is 0.779. The average Bonchev–Trinajstić information content (AvgIpc) is 3.16. The molecular weight excluding hydrogens is 335 g/mol. The van der Waals surface area contributed by atoms with E-state index in [1.54, 1.807) is 25.2 Å². The van der Waals surface area contributed by atoms with Crippen LogP contribution in [0.15, 0.2) is 39.6 Å². The van der Waals surface area contributed by atoms with Gasteiger partial charge in [-0.15, -0.1) is 11.3 Å². The zero-order chi connectivity index (χ0) is 16.0. The van der Waals surface area contributed by atoms with Crippen LogP contribution in [0.25, 0.3) is 21.3 Å². The Morgan fingerprint density at radius 1 is 1.35 bits per heavy atom. The fourth-order valence-corrected chi connectivity index (χ4v) is 4.01. The Morgan fingerprint density at radius 3 is 3.04 bits per heavy atom. The van der Waals surface area contributed by atoms with E-state index >= 15 is 0 Å². The van der Waals surface area contributed by atoms with Crippen molar-refractivity contribution in [3.63, 3.8) is 0 Å². The Labute approximate surface area is 138 Å². The maximum atomic E-state index is 13.7. The van der Waals surface area contributed by atoms with Crippen LogP contribution in [0.4, 0.5) is 4.39 Å². The number of thioether (sulfide) groups is 1. The summed E-state index contributed by atoms with van der Waals surface area (Å²) in [7, 11) is 1.70. The number of para-hydroxylation sites is 1. The molecule has 1 aromatic carbocycles. The first-order chi connectivity index (χ1) is 11.1. The molecule has 0 aliphatic rings. The number of hydrogen-bond acceptors (Lipinski definition) is 5. The lowest BCUT2D eigenvalue weighted by atomic mass is 10.3. The molecule has 0 atom stereocenters. The van der Waals surface area contributed by atoms with Gasteiger partial charge in [0.1, 0.15) is 16.2 Å². The van der Waals surface area contributed by atoms with Crippen LogP contribution in [-0.4, -0.2) is 19.5 Å². The fraction of sp³-hybridized carbons (Fsp3) is 0.133. The number of hydrogen-bond donors (Lipinski definition) is 1. The van der Waals surface area contributed by atoms with Gasteiger partial charge >= 0.3 is 0 Å². The molecule has 8 heteroatoms. The first-order valence-corrected chi connectivity index (χ1v) is 8.70. The summed E-state index contributed by atoms with van der Waals surface area (Å²) in [5, 5.41) is 3.11. The number of rotatable bonds is 3. The fourth-order valence-electron chi connectivity index (χ4n) is 2.36. The van der Waals surface area contributed by atoms with Gasteiger partial charge in [-0.25, -0.2) is 14.4 Å². The maximum absolute atomic E-state index is 13.7. The number of halogens is 1. The summed E-state index contributed by atoms with van der Waals surface area (Å²) >= 11 is 2.84. The molecule has 0 aliphatic carbocycles. The van der Waals surface area contributed by atoms with E-state index in [0.717, 1.165) is 4.83 Å². The van der Waals surface area contributed by atoms with E-state index in [0.29, 0.717) is 33.2 Å². The van der Waals surface area contributed by atoms with Gasteiger partial charge in [0.2, 0.25) is 0 Å². The Kier molecular flexibility index (Phi) is 3.42. The number of nitrogens with one attached hydrogen (secondary N) is 1. The van der Waals surface area contributed by atoms with Gasteiger partial charge in [0, 0.05) is 7.05 Å². The molecule has 0 unspecified atom stereocenters. The van der Waals surface area contributed by atoms with Crippen molar-refractivity contribution in [2.24, 2.45) is 7.05 Å². The van der Waals surface area contributed by atoms with E-state index in [1.165, 1.54) is 33.7 Å². The highest BCUT2D eigenvalue weighted by atomic mass is 32.2. The Hall–Kier alpha value is -2.19.